The van der Waals surface area contributed by atoms with E-state index in [2.05, 4.69) is 103 Å². The maximum absolute atomic E-state index is 13.3. The highest BCUT2D eigenvalue weighted by atomic mass is 79.9. The van der Waals surface area contributed by atoms with E-state index >= 15 is 0 Å². The summed E-state index contributed by atoms with van der Waals surface area (Å²) in [4.78, 5) is 34.8. The molecule has 9 nitrogen and oxygen atoms in total. The van der Waals surface area contributed by atoms with Crippen molar-refractivity contribution < 1.29 is 32.3 Å². The van der Waals surface area contributed by atoms with Crippen molar-refractivity contribution in [3.8, 4) is 0 Å². The number of hydrogen-bond acceptors (Lipinski definition) is 9. The molecule has 2 aromatic rings. The predicted molar refractivity (Wildman–Crippen MR) is 186 cm³/mol. The van der Waals surface area contributed by atoms with E-state index < -0.39 is 31.8 Å². The summed E-state index contributed by atoms with van der Waals surface area (Å²) < 4.78 is 28.4. The van der Waals surface area contributed by atoms with Crippen molar-refractivity contribution in [3.05, 3.63) is 83.2 Å². The maximum Gasteiger partial charge on any atom is 0.360 e. The molecule has 1 saturated carbocycles. The van der Waals surface area contributed by atoms with Gasteiger partial charge >= 0.3 is 11.9 Å². The first-order chi connectivity index (χ1) is 21.6. The van der Waals surface area contributed by atoms with E-state index in [1.807, 2.05) is 25.2 Å². The molecule has 0 spiro atoms. The molecule has 0 unspecified atom stereocenters. The van der Waals surface area contributed by atoms with Gasteiger partial charge in [0.1, 0.15) is 18.6 Å². The van der Waals surface area contributed by atoms with Gasteiger partial charge in [0, 0.05) is 24.0 Å². The second kappa shape index (κ2) is 16.0. The average molecular weight is 716 g/mol. The molecular formula is C35H47BrN2O7Si. The molecule has 4 atom stereocenters. The van der Waals surface area contributed by atoms with Crippen LogP contribution in [0.2, 0.25) is 18.1 Å². The number of hydrogen-bond donors (Lipinski definition) is 0. The molecule has 0 radical (unpaired) electrons. The topological polar surface area (TPSA) is 114 Å². The summed E-state index contributed by atoms with van der Waals surface area (Å²) in [5, 5.41) is 0.0131. The molecule has 250 valence electrons. The summed E-state index contributed by atoms with van der Waals surface area (Å²) in [5.74, 6) is 0.346. The number of carbonyl (C=O) groups excluding carboxylic acids is 2. The van der Waals surface area contributed by atoms with Crippen LogP contribution in [0, 0.1) is 17.3 Å². The SMILES string of the molecule is C/C=C/[C@H](O[Si](C)(C)C(C)(C)C)C(C)(C)[C@H](C/C=C\[C@H]1C[C@H]1/C=C/C=C\c1nc(C(=O)OC)co1)OC(=O)c1coc(/C=C\Br)n1. The van der Waals surface area contributed by atoms with Gasteiger partial charge in [-0.1, -0.05) is 93.1 Å². The largest absolute Gasteiger partial charge is 0.464 e. The number of nitrogens with zero attached hydrogens (tertiary/aromatic N) is 2. The van der Waals surface area contributed by atoms with E-state index in [1.54, 1.807) is 17.1 Å². The van der Waals surface area contributed by atoms with Gasteiger partial charge in [-0.15, -0.1) is 0 Å². The predicted octanol–water partition coefficient (Wildman–Crippen LogP) is 9.18. The van der Waals surface area contributed by atoms with E-state index in [0.717, 1.165) is 6.42 Å². The van der Waals surface area contributed by atoms with Crippen molar-refractivity contribution in [1.82, 2.24) is 9.97 Å². The zero-order chi connectivity index (χ0) is 34.1. The van der Waals surface area contributed by atoms with Crippen molar-refractivity contribution in [1.29, 1.82) is 0 Å². The number of ether oxygens (including phenoxy) is 2. The molecule has 2 aromatic heterocycles. The zero-order valence-corrected chi connectivity index (χ0v) is 30.9. The summed E-state index contributed by atoms with van der Waals surface area (Å²) in [6.07, 6.45) is 20.9. The highest BCUT2D eigenvalue weighted by molar-refractivity contribution is 9.11. The third kappa shape index (κ3) is 10.1. The van der Waals surface area contributed by atoms with Gasteiger partial charge < -0.3 is 22.7 Å². The quantitative estimate of drug-likeness (QED) is 0.0771. The number of methoxy groups -OCH3 is 1. The van der Waals surface area contributed by atoms with Gasteiger partial charge in [-0.05, 0) is 48.3 Å². The summed E-state index contributed by atoms with van der Waals surface area (Å²) >= 11 is 3.20. The first-order valence-electron chi connectivity index (χ1n) is 15.4. The number of oxazole rings is 2. The van der Waals surface area contributed by atoms with Gasteiger partial charge in [0.05, 0.1) is 13.2 Å². The molecule has 46 heavy (non-hydrogen) atoms. The van der Waals surface area contributed by atoms with Gasteiger partial charge in [-0.3, -0.25) is 0 Å². The van der Waals surface area contributed by atoms with Crippen LogP contribution in [0.25, 0.3) is 12.2 Å². The molecular weight excluding hydrogens is 668 g/mol. The summed E-state index contributed by atoms with van der Waals surface area (Å²) in [6, 6.07) is 0. The number of halogens is 1. The molecule has 11 heteroatoms. The maximum atomic E-state index is 13.3. The number of rotatable bonds is 15. The van der Waals surface area contributed by atoms with Gasteiger partial charge in [0.15, 0.2) is 19.7 Å². The van der Waals surface area contributed by atoms with Crippen LogP contribution in [0.1, 0.15) is 87.1 Å². The van der Waals surface area contributed by atoms with Gasteiger partial charge in [0.2, 0.25) is 11.8 Å². The molecule has 0 bridgehead atoms. The van der Waals surface area contributed by atoms with Crippen molar-refractivity contribution >= 4 is 48.3 Å². The lowest BCUT2D eigenvalue weighted by molar-refractivity contribution is -0.0420. The molecule has 1 aliphatic carbocycles. The Morgan fingerprint density at radius 3 is 2.20 bits per heavy atom. The van der Waals surface area contributed by atoms with Crippen molar-refractivity contribution in [3.63, 3.8) is 0 Å². The second-order valence-electron chi connectivity index (χ2n) is 13.4. The highest BCUT2D eigenvalue weighted by Crippen LogP contribution is 2.43. The lowest BCUT2D eigenvalue weighted by Crippen LogP contribution is -2.51. The molecule has 0 saturated heterocycles. The van der Waals surface area contributed by atoms with Crippen LogP contribution >= 0.6 is 15.9 Å². The van der Waals surface area contributed by atoms with Gasteiger partial charge in [-0.25, -0.2) is 19.6 Å². The van der Waals surface area contributed by atoms with Crippen LogP contribution in [0.5, 0.6) is 0 Å². The zero-order valence-electron chi connectivity index (χ0n) is 28.3. The number of esters is 2. The Labute approximate surface area is 282 Å². The first-order valence-corrected chi connectivity index (χ1v) is 19.2. The number of aromatic nitrogens is 2. The lowest BCUT2D eigenvalue weighted by atomic mass is 9.79. The van der Waals surface area contributed by atoms with Crippen LogP contribution in [-0.2, 0) is 13.9 Å². The summed E-state index contributed by atoms with van der Waals surface area (Å²) in [5.41, 5.74) is -0.317. The Kier molecular flexibility index (Phi) is 12.9. The standard InChI is InChI=1S/C35H47BrN2O7Si/c1-10-14-29(45-46(8,9)34(2,3)4)35(5,6)28(44-33(40)27-23-43-31(38-27)19-20-36)17-13-16-25-21-24(25)15-11-12-18-30-37-26(22-42-30)32(39)41-7/h10-16,18-20,22-25,28-29H,17,21H2,1-9H3/b14-10+,15-11+,16-13-,18-12-,20-19-/t24-,25+,28+,29+/m1/s1. The third-order valence-electron chi connectivity index (χ3n) is 8.59. The Hall–Kier alpha value is -3.28. The van der Waals surface area contributed by atoms with E-state index in [0.29, 0.717) is 30.0 Å². The molecule has 0 aliphatic heterocycles. The van der Waals surface area contributed by atoms with Crippen molar-refractivity contribution in [2.24, 2.45) is 17.3 Å². The monoisotopic (exact) mass is 714 g/mol. The Balaban J connectivity index is 1.73. The average Bonchev–Trinajstić information content (AvgIpc) is 3.32. The molecule has 0 aromatic carbocycles. The molecule has 0 amide bonds. The number of carbonyl (C=O) groups is 2. The highest BCUT2D eigenvalue weighted by Gasteiger charge is 2.46. The van der Waals surface area contributed by atoms with Crippen LogP contribution < -0.4 is 0 Å². The van der Waals surface area contributed by atoms with Crippen molar-refractivity contribution in [2.45, 2.75) is 84.7 Å². The normalized spacial score (nSPS) is 19.2. The fourth-order valence-electron chi connectivity index (χ4n) is 4.46. The minimum Gasteiger partial charge on any atom is -0.464 e. The van der Waals surface area contributed by atoms with Gasteiger partial charge in [0.25, 0.3) is 0 Å². The van der Waals surface area contributed by atoms with E-state index in [9.17, 15) is 9.59 Å². The molecule has 3 rings (SSSR count). The fourth-order valence-corrected chi connectivity index (χ4v) is 6.06. The second-order valence-corrected chi connectivity index (χ2v) is 18.7. The first kappa shape index (κ1) is 37.2. The smallest absolute Gasteiger partial charge is 0.360 e. The molecule has 0 N–H and O–H groups in total. The van der Waals surface area contributed by atoms with E-state index in [4.69, 9.17) is 18.0 Å². The Morgan fingerprint density at radius 1 is 1.00 bits per heavy atom. The van der Waals surface area contributed by atoms with Crippen LogP contribution in [0.15, 0.2) is 68.9 Å². The van der Waals surface area contributed by atoms with Crippen LogP contribution in [0.3, 0.4) is 0 Å². The molecule has 1 fully saturated rings. The van der Waals surface area contributed by atoms with Crippen molar-refractivity contribution in [2.75, 3.05) is 7.11 Å². The van der Waals surface area contributed by atoms with Crippen LogP contribution in [0.4, 0.5) is 0 Å². The Morgan fingerprint density at radius 2 is 1.61 bits per heavy atom. The third-order valence-corrected chi connectivity index (χ3v) is 13.3. The Bertz CT molecular complexity index is 1480. The lowest BCUT2D eigenvalue weighted by Gasteiger charge is -2.45. The fraction of sp³-hybridized carbons (Fsp3) is 0.486. The molecule has 2 heterocycles. The van der Waals surface area contributed by atoms with Crippen LogP contribution in [-0.4, -0.2) is 49.5 Å². The minimum absolute atomic E-state index is 0.0131. The van der Waals surface area contributed by atoms with E-state index in [-0.39, 0.29) is 22.5 Å². The summed E-state index contributed by atoms with van der Waals surface area (Å²) in [7, 11) is -0.857. The minimum atomic E-state index is -2.16. The summed E-state index contributed by atoms with van der Waals surface area (Å²) in [6.45, 7) is 17.3. The van der Waals surface area contributed by atoms with E-state index in [1.165, 1.54) is 19.6 Å². The van der Waals surface area contributed by atoms with Gasteiger partial charge in [-0.2, -0.15) is 0 Å². The molecule has 1 aliphatic rings. The number of allylic oxidation sites excluding steroid dienone is 5.